The first-order valence-electron chi connectivity index (χ1n) is 7.29. The number of ether oxygens (including phenoxy) is 1. The Morgan fingerprint density at radius 2 is 1.86 bits per heavy atom. The van der Waals surface area contributed by atoms with E-state index in [0.717, 1.165) is 25.1 Å². The van der Waals surface area contributed by atoms with Crippen LogP contribution in [0.1, 0.15) is 42.5 Å². The first-order valence-corrected chi connectivity index (χ1v) is 7.29. The molecule has 3 rings (SSSR count). The Bertz CT molecular complexity index is 578. The Morgan fingerprint density at radius 3 is 2.43 bits per heavy atom. The molecule has 1 aromatic rings. The van der Waals surface area contributed by atoms with Gasteiger partial charge in [0.05, 0.1) is 5.56 Å². The smallest absolute Gasteiger partial charge is 0.338 e. The normalized spacial score (nSPS) is 21.9. The van der Waals surface area contributed by atoms with Crippen LogP contribution in [0.15, 0.2) is 24.3 Å². The van der Waals surface area contributed by atoms with Crippen LogP contribution in [-0.2, 0) is 14.3 Å². The second-order valence-corrected chi connectivity index (χ2v) is 5.45. The molecule has 1 saturated carbocycles. The SMILES string of the molecule is O=C(O[C@H]1CCCC1=O)c1ccc(N2CCCC2=O)cc1. The van der Waals surface area contributed by atoms with E-state index in [0.29, 0.717) is 24.8 Å². The van der Waals surface area contributed by atoms with Gasteiger partial charge >= 0.3 is 5.97 Å². The molecule has 1 aromatic carbocycles. The molecule has 0 aromatic heterocycles. The molecule has 5 heteroatoms. The highest BCUT2D eigenvalue weighted by Crippen LogP contribution is 2.23. The van der Waals surface area contributed by atoms with E-state index in [9.17, 15) is 14.4 Å². The minimum absolute atomic E-state index is 0.00244. The number of esters is 1. The lowest BCUT2D eigenvalue weighted by Crippen LogP contribution is -2.24. The van der Waals surface area contributed by atoms with Crippen LogP contribution in [0.4, 0.5) is 5.69 Å². The first-order chi connectivity index (χ1) is 10.1. The molecule has 21 heavy (non-hydrogen) atoms. The van der Waals surface area contributed by atoms with E-state index in [1.807, 2.05) is 0 Å². The van der Waals surface area contributed by atoms with Crippen LogP contribution < -0.4 is 4.90 Å². The van der Waals surface area contributed by atoms with Gasteiger partial charge in [0.2, 0.25) is 5.91 Å². The van der Waals surface area contributed by atoms with Gasteiger partial charge in [-0.2, -0.15) is 0 Å². The van der Waals surface area contributed by atoms with Crippen molar-refractivity contribution >= 4 is 23.3 Å². The number of amides is 1. The van der Waals surface area contributed by atoms with Crippen LogP contribution in [0.3, 0.4) is 0 Å². The lowest BCUT2D eigenvalue weighted by atomic mass is 10.2. The van der Waals surface area contributed by atoms with E-state index in [2.05, 4.69) is 0 Å². The summed E-state index contributed by atoms with van der Waals surface area (Å²) in [7, 11) is 0. The molecule has 110 valence electrons. The molecule has 0 radical (unpaired) electrons. The van der Waals surface area contributed by atoms with Crippen molar-refractivity contribution < 1.29 is 19.1 Å². The molecule has 1 aliphatic carbocycles. The third-order valence-electron chi connectivity index (χ3n) is 3.99. The van der Waals surface area contributed by atoms with Crippen LogP contribution in [0.25, 0.3) is 0 Å². The van der Waals surface area contributed by atoms with E-state index in [1.54, 1.807) is 29.2 Å². The van der Waals surface area contributed by atoms with E-state index in [4.69, 9.17) is 4.74 Å². The zero-order chi connectivity index (χ0) is 14.8. The average molecular weight is 287 g/mol. The lowest BCUT2D eigenvalue weighted by Gasteiger charge is -2.16. The molecule has 1 amide bonds. The van der Waals surface area contributed by atoms with Crippen LogP contribution in [0.2, 0.25) is 0 Å². The van der Waals surface area contributed by atoms with E-state index in [-0.39, 0.29) is 11.7 Å². The molecular weight excluding hydrogens is 270 g/mol. The van der Waals surface area contributed by atoms with E-state index < -0.39 is 12.1 Å². The number of hydrogen-bond donors (Lipinski definition) is 0. The second kappa shape index (κ2) is 5.68. The van der Waals surface area contributed by atoms with Gasteiger partial charge in [0.25, 0.3) is 0 Å². The molecule has 0 N–H and O–H groups in total. The van der Waals surface area contributed by atoms with E-state index >= 15 is 0 Å². The predicted molar refractivity (Wildman–Crippen MR) is 76.1 cm³/mol. The molecule has 0 spiro atoms. The third-order valence-corrected chi connectivity index (χ3v) is 3.99. The number of rotatable bonds is 3. The van der Waals surface area contributed by atoms with Crippen LogP contribution >= 0.6 is 0 Å². The number of nitrogens with zero attached hydrogens (tertiary/aromatic N) is 1. The quantitative estimate of drug-likeness (QED) is 0.799. The van der Waals surface area contributed by atoms with Crippen molar-refractivity contribution in [2.75, 3.05) is 11.4 Å². The summed E-state index contributed by atoms with van der Waals surface area (Å²) in [5, 5.41) is 0. The molecule has 1 heterocycles. The summed E-state index contributed by atoms with van der Waals surface area (Å²) in [6.07, 6.45) is 2.75. The summed E-state index contributed by atoms with van der Waals surface area (Å²) in [6.45, 7) is 0.721. The van der Waals surface area contributed by atoms with Crippen molar-refractivity contribution in [3.05, 3.63) is 29.8 Å². The summed E-state index contributed by atoms with van der Waals surface area (Å²) >= 11 is 0. The maximum Gasteiger partial charge on any atom is 0.338 e. The zero-order valence-electron chi connectivity index (χ0n) is 11.7. The van der Waals surface area contributed by atoms with Gasteiger partial charge in [-0.05, 0) is 43.5 Å². The Morgan fingerprint density at radius 1 is 1.10 bits per heavy atom. The fourth-order valence-corrected chi connectivity index (χ4v) is 2.80. The van der Waals surface area contributed by atoms with Gasteiger partial charge in [-0.3, -0.25) is 9.59 Å². The fraction of sp³-hybridized carbons (Fsp3) is 0.438. The minimum Gasteiger partial charge on any atom is -0.451 e. The fourth-order valence-electron chi connectivity index (χ4n) is 2.80. The van der Waals surface area contributed by atoms with E-state index in [1.165, 1.54) is 0 Å². The maximum absolute atomic E-state index is 12.0. The average Bonchev–Trinajstić information content (AvgIpc) is 3.08. The molecule has 1 aliphatic heterocycles. The number of anilines is 1. The van der Waals surface area contributed by atoms with Gasteiger partial charge in [0.15, 0.2) is 11.9 Å². The monoisotopic (exact) mass is 287 g/mol. The summed E-state index contributed by atoms with van der Waals surface area (Å²) in [5.41, 5.74) is 1.20. The summed E-state index contributed by atoms with van der Waals surface area (Å²) in [4.78, 5) is 36.8. The zero-order valence-corrected chi connectivity index (χ0v) is 11.7. The second-order valence-electron chi connectivity index (χ2n) is 5.45. The predicted octanol–water partition coefficient (Wildman–Crippen LogP) is 2.09. The first kappa shape index (κ1) is 13.8. The molecule has 2 fully saturated rings. The Labute approximate surface area is 122 Å². The molecule has 0 unspecified atom stereocenters. The minimum atomic E-state index is -0.586. The van der Waals surface area contributed by atoms with Crippen LogP contribution in [0, 0.1) is 0 Å². The van der Waals surface area contributed by atoms with Crippen molar-refractivity contribution in [3.63, 3.8) is 0 Å². The van der Waals surface area contributed by atoms with Crippen molar-refractivity contribution in [3.8, 4) is 0 Å². The topological polar surface area (TPSA) is 63.7 Å². The number of hydrogen-bond acceptors (Lipinski definition) is 4. The lowest BCUT2D eigenvalue weighted by molar-refractivity contribution is -0.124. The van der Waals surface area contributed by atoms with Crippen molar-refractivity contribution in [2.24, 2.45) is 0 Å². The number of ketones is 1. The number of carbonyl (C=O) groups is 3. The Balaban J connectivity index is 1.67. The highest BCUT2D eigenvalue weighted by molar-refractivity contribution is 5.97. The molecule has 0 bridgehead atoms. The highest BCUT2D eigenvalue weighted by Gasteiger charge is 2.28. The third kappa shape index (κ3) is 2.82. The van der Waals surface area contributed by atoms with Gasteiger partial charge in [-0.1, -0.05) is 0 Å². The van der Waals surface area contributed by atoms with Gasteiger partial charge < -0.3 is 9.64 Å². The van der Waals surface area contributed by atoms with Gasteiger partial charge in [-0.15, -0.1) is 0 Å². The maximum atomic E-state index is 12.0. The molecular formula is C16H17NO4. The van der Waals surface area contributed by atoms with Gasteiger partial charge in [-0.25, -0.2) is 4.79 Å². The van der Waals surface area contributed by atoms with Crippen molar-refractivity contribution in [1.82, 2.24) is 0 Å². The van der Waals surface area contributed by atoms with Crippen molar-refractivity contribution in [2.45, 2.75) is 38.2 Å². The molecule has 2 aliphatic rings. The molecule has 1 atom stereocenters. The number of Topliss-reactive ketones (excluding diaryl/α,β-unsaturated/α-hetero) is 1. The Kier molecular flexibility index (Phi) is 3.73. The van der Waals surface area contributed by atoms with Gasteiger partial charge in [0.1, 0.15) is 0 Å². The van der Waals surface area contributed by atoms with Crippen molar-refractivity contribution in [1.29, 1.82) is 0 Å². The van der Waals surface area contributed by atoms with Crippen LogP contribution in [0.5, 0.6) is 0 Å². The summed E-state index contributed by atoms with van der Waals surface area (Å²) in [6, 6.07) is 6.78. The molecule has 5 nitrogen and oxygen atoms in total. The van der Waals surface area contributed by atoms with Crippen LogP contribution in [-0.4, -0.2) is 30.3 Å². The van der Waals surface area contributed by atoms with Gasteiger partial charge in [0, 0.05) is 25.1 Å². The summed E-state index contributed by atoms with van der Waals surface area (Å²) in [5.74, 6) is -0.362. The molecule has 1 saturated heterocycles. The largest absolute Gasteiger partial charge is 0.451 e. The standard InChI is InChI=1S/C16H17NO4/c18-13-3-1-4-14(13)21-16(20)11-6-8-12(9-7-11)17-10-2-5-15(17)19/h6-9,14H,1-5,10H2/t14-/m0/s1. The number of carbonyl (C=O) groups excluding carboxylic acids is 3. The Hall–Kier alpha value is -2.17. The summed E-state index contributed by atoms with van der Waals surface area (Å²) < 4.78 is 5.23. The highest BCUT2D eigenvalue weighted by atomic mass is 16.5. The number of benzene rings is 1.